The number of rotatable bonds is 5. The van der Waals surface area contributed by atoms with Gasteiger partial charge in [0.05, 0.1) is 11.4 Å². The lowest BCUT2D eigenvalue weighted by Gasteiger charge is -2.08. The predicted octanol–water partition coefficient (Wildman–Crippen LogP) is 0.814. The summed E-state index contributed by atoms with van der Waals surface area (Å²) < 4.78 is 9.44. The van der Waals surface area contributed by atoms with E-state index in [-0.39, 0.29) is 16.4 Å². The number of amides is 1. The zero-order chi connectivity index (χ0) is 10.4. The zero-order valence-electron chi connectivity index (χ0n) is 7.70. The Morgan fingerprint density at radius 3 is 3.21 bits per heavy atom. The smallest absolute Gasteiger partial charge is 0.273 e. The van der Waals surface area contributed by atoms with Crippen molar-refractivity contribution in [1.82, 2.24) is 10.5 Å². The highest BCUT2D eigenvalue weighted by Crippen LogP contribution is 1.99. The van der Waals surface area contributed by atoms with Crippen molar-refractivity contribution in [2.75, 3.05) is 20.3 Å². The van der Waals surface area contributed by atoms with Crippen LogP contribution in [-0.4, -0.2) is 36.2 Å². The molecule has 1 N–H and O–H groups in total. The van der Waals surface area contributed by atoms with E-state index in [0.29, 0.717) is 13.2 Å². The molecule has 0 aliphatic rings. The van der Waals surface area contributed by atoms with Crippen molar-refractivity contribution in [3.05, 3.63) is 18.0 Å². The summed E-state index contributed by atoms with van der Waals surface area (Å²) in [5.41, 5.74) is 0.280. The van der Waals surface area contributed by atoms with Gasteiger partial charge in [-0.1, -0.05) is 21.1 Å². The van der Waals surface area contributed by atoms with Gasteiger partial charge in [0.2, 0.25) is 0 Å². The highest BCUT2D eigenvalue weighted by atomic mass is 79.9. The highest BCUT2D eigenvalue weighted by molar-refractivity contribution is 9.09. The molecule has 0 saturated carbocycles. The third-order valence-corrected chi connectivity index (χ3v) is 2.09. The summed E-state index contributed by atoms with van der Waals surface area (Å²) in [6.07, 6.45) is 1.36. The Hall–Kier alpha value is -0.880. The summed E-state index contributed by atoms with van der Waals surface area (Å²) in [5, 5.41) is 6.19. The number of methoxy groups -OCH3 is 1. The summed E-state index contributed by atoms with van der Waals surface area (Å²) in [4.78, 5) is 11.4. The standard InChI is InChI=1S/C8H11BrN2O3/c1-13-5-6(9)4-10-8(12)7-2-3-14-11-7/h2-3,6H,4-5H2,1H3,(H,10,12). The number of nitrogens with zero attached hydrogens (tertiary/aromatic N) is 1. The van der Waals surface area contributed by atoms with E-state index in [1.807, 2.05) is 0 Å². The normalized spacial score (nSPS) is 12.4. The SMILES string of the molecule is COCC(Br)CNC(=O)c1ccon1. The highest BCUT2D eigenvalue weighted by Gasteiger charge is 2.10. The third-order valence-electron chi connectivity index (χ3n) is 1.50. The topological polar surface area (TPSA) is 64.4 Å². The van der Waals surface area contributed by atoms with E-state index in [9.17, 15) is 4.79 Å². The first-order chi connectivity index (χ1) is 6.74. The number of ether oxygens (including phenoxy) is 1. The van der Waals surface area contributed by atoms with Crippen LogP contribution in [0, 0.1) is 0 Å². The van der Waals surface area contributed by atoms with Crippen LogP contribution >= 0.6 is 15.9 Å². The first-order valence-corrected chi connectivity index (χ1v) is 4.97. The Morgan fingerprint density at radius 1 is 1.86 bits per heavy atom. The van der Waals surface area contributed by atoms with Crippen molar-refractivity contribution in [2.45, 2.75) is 4.83 Å². The van der Waals surface area contributed by atoms with Crippen molar-refractivity contribution in [2.24, 2.45) is 0 Å². The van der Waals surface area contributed by atoms with Crippen LogP contribution in [0.1, 0.15) is 10.5 Å². The number of nitrogens with one attached hydrogen (secondary N) is 1. The molecule has 1 unspecified atom stereocenters. The number of aromatic nitrogens is 1. The van der Waals surface area contributed by atoms with Crippen LogP contribution in [0.5, 0.6) is 0 Å². The van der Waals surface area contributed by atoms with Gasteiger partial charge in [0.25, 0.3) is 5.91 Å². The lowest BCUT2D eigenvalue weighted by atomic mass is 10.4. The molecule has 0 spiro atoms. The molecule has 0 saturated heterocycles. The van der Waals surface area contributed by atoms with Crippen LogP contribution in [0.15, 0.2) is 16.9 Å². The second-order valence-electron chi connectivity index (χ2n) is 2.65. The van der Waals surface area contributed by atoms with Crippen molar-refractivity contribution >= 4 is 21.8 Å². The molecule has 1 rings (SSSR count). The van der Waals surface area contributed by atoms with Gasteiger partial charge in [-0.15, -0.1) is 0 Å². The molecule has 14 heavy (non-hydrogen) atoms. The van der Waals surface area contributed by atoms with Crippen LogP contribution in [-0.2, 0) is 4.74 Å². The monoisotopic (exact) mass is 262 g/mol. The number of carbonyl (C=O) groups is 1. The number of alkyl halides is 1. The molecule has 6 heteroatoms. The van der Waals surface area contributed by atoms with Gasteiger partial charge in [-0.3, -0.25) is 4.79 Å². The second-order valence-corrected chi connectivity index (χ2v) is 3.94. The average Bonchev–Trinajstić information content (AvgIpc) is 2.67. The molecule has 0 aromatic carbocycles. The molecule has 0 aliphatic heterocycles. The van der Waals surface area contributed by atoms with Crippen LogP contribution in [0.3, 0.4) is 0 Å². The Labute approximate surface area is 89.9 Å². The number of hydrogen-bond donors (Lipinski definition) is 1. The Balaban J connectivity index is 2.28. The summed E-state index contributed by atoms with van der Waals surface area (Å²) in [5.74, 6) is -0.251. The minimum absolute atomic E-state index is 0.100. The van der Waals surface area contributed by atoms with E-state index in [0.717, 1.165) is 0 Å². The summed E-state index contributed by atoms with van der Waals surface area (Å²) in [6, 6.07) is 1.51. The lowest BCUT2D eigenvalue weighted by molar-refractivity contribution is 0.0941. The van der Waals surface area contributed by atoms with Gasteiger partial charge in [0.1, 0.15) is 6.26 Å². The van der Waals surface area contributed by atoms with Gasteiger partial charge in [-0.25, -0.2) is 0 Å². The zero-order valence-corrected chi connectivity index (χ0v) is 9.28. The van der Waals surface area contributed by atoms with Crippen molar-refractivity contribution in [1.29, 1.82) is 0 Å². The van der Waals surface area contributed by atoms with E-state index in [4.69, 9.17) is 4.74 Å². The number of hydrogen-bond acceptors (Lipinski definition) is 4. The Morgan fingerprint density at radius 2 is 2.64 bits per heavy atom. The van der Waals surface area contributed by atoms with Crippen LogP contribution in [0.4, 0.5) is 0 Å². The molecule has 0 fully saturated rings. The fourth-order valence-corrected chi connectivity index (χ4v) is 1.29. The molecule has 0 radical (unpaired) electrons. The van der Waals surface area contributed by atoms with E-state index in [2.05, 4.69) is 30.9 Å². The van der Waals surface area contributed by atoms with Crippen molar-refractivity contribution in [3.63, 3.8) is 0 Å². The summed E-state index contributed by atoms with van der Waals surface area (Å²) >= 11 is 3.35. The molecular weight excluding hydrogens is 252 g/mol. The second kappa shape index (κ2) is 5.77. The molecule has 1 atom stereocenters. The van der Waals surface area contributed by atoms with Gasteiger partial charge in [0.15, 0.2) is 5.69 Å². The molecule has 1 amide bonds. The van der Waals surface area contributed by atoms with E-state index in [1.54, 1.807) is 7.11 Å². The molecule has 0 bridgehead atoms. The lowest BCUT2D eigenvalue weighted by Crippen LogP contribution is -2.31. The van der Waals surface area contributed by atoms with Crippen LogP contribution in [0.2, 0.25) is 0 Å². The number of halogens is 1. The molecule has 78 valence electrons. The van der Waals surface area contributed by atoms with E-state index < -0.39 is 0 Å². The Kier molecular flexibility index (Phi) is 4.61. The molecule has 1 aromatic rings. The first kappa shape index (κ1) is 11.2. The van der Waals surface area contributed by atoms with Gasteiger partial charge in [0, 0.05) is 19.7 Å². The minimum Gasteiger partial charge on any atom is -0.383 e. The van der Waals surface area contributed by atoms with Crippen LogP contribution < -0.4 is 5.32 Å². The molecule has 1 heterocycles. The first-order valence-electron chi connectivity index (χ1n) is 4.05. The fraction of sp³-hybridized carbons (Fsp3) is 0.500. The van der Waals surface area contributed by atoms with E-state index >= 15 is 0 Å². The van der Waals surface area contributed by atoms with Gasteiger partial charge < -0.3 is 14.6 Å². The quantitative estimate of drug-likeness (QED) is 0.798. The molecular formula is C8H11BrN2O3. The fourth-order valence-electron chi connectivity index (χ4n) is 0.863. The van der Waals surface area contributed by atoms with Gasteiger partial charge in [-0.2, -0.15) is 0 Å². The maximum atomic E-state index is 11.3. The third kappa shape index (κ3) is 3.47. The van der Waals surface area contributed by atoms with Crippen molar-refractivity contribution in [3.8, 4) is 0 Å². The molecule has 1 aromatic heterocycles. The summed E-state index contributed by atoms with van der Waals surface area (Å²) in [7, 11) is 1.60. The predicted molar refractivity (Wildman–Crippen MR) is 53.4 cm³/mol. The number of carbonyl (C=O) groups excluding carboxylic acids is 1. The van der Waals surface area contributed by atoms with Crippen molar-refractivity contribution < 1.29 is 14.1 Å². The Bertz CT molecular complexity index is 276. The van der Waals surface area contributed by atoms with Gasteiger partial charge in [-0.05, 0) is 0 Å². The largest absolute Gasteiger partial charge is 0.383 e. The average molecular weight is 263 g/mol. The van der Waals surface area contributed by atoms with E-state index in [1.165, 1.54) is 12.3 Å². The maximum Gasteiger partial charge on any atom is 0.273 e. The van der Waals surface area contributed by atoms with Crippen LogP contribution in [0.25, 0.3) is 0 Å². The van der Waals surface area contributed by atoms with Gasteiger partial charge >= 0.3 is 0 Å². The maximum absolute atomic E-state index is 11.3. The minimum atomic E-state index is -0.251. The molecule has 5 nitrogen and oxygen atoms in total. The summed E-state index contributed by atoms with van der Waals surface area (Å²) in [6.45, 7) is 1.03. The molecule has 0 aliphatic carbocycles.